The van der Waals surface area contributed by atoms with Gasteiger partial charge < -0.3 is 14.4 Å². The Bertz CT molecular complexity index is 424. The van der Waals surface area contributed by atoms with E-state index in [4.69, 9.17) is 9.47 Å². The van der Waals surface area contributed by atoms with Crippen molar-refractivity contribution in [3.8, 4) is 5.88 Å². The van der Waals surface area contributed by atoms with Crippen LogP contribution in [-0.4, -0.2) is 41.7 Å². The molecule has 0 bridgehead atoms. The lowest BCUT2D eigenvalue weighted by molar-refractivity contribution is -0.141. The minimum absolute atomic E-state index is 0.0317. The highest BCUT2D eigenvalue weighted by atomic mass is 16.5. The number of ether oxygens (including phenoxy) is 2. The summed E-state index contributed by atoms with van der Waals surface area (Å²) in [6.07, 6.45) is 4.13. The van der Waals surface area contributed by atoms with Crippen LogP contribution in [0.5, 0.6) is 5.88 Å². The second kappa shape index (κ2) is 8.35. The molecule has 112 valence electrons. The molecule has 1 aromatic heterocycles. The Morgan fingerprint density at radius 1 is 1.35 bits per heavy atom. The summed E-state index contributed by atoms with van der Waals surface area (Å²) in [4.78, 5) is 22.0. The molecule has 0 unspecified atom stereocenters. The largest absolute Gasteiger partial charge is 0.474 e. The van der Waals surface area contributed by atoms with Crippen LogP contribution in [0, 0.1) is 0 Å². The molecular weight excluding hydrogens is 258 g/mol. The Morgan fingerprint density at radius 3 is 2.70 bits per heavy atom. The maximum absolute atomic E-state index is 11.6. The molecular formula is C14H23N3O3. The number of rotatable bonds is 8. The molecule has 1 rings (SSSR count). The van der Waals surface area contributed by atoms with Crippen molar-refractivity contribution in [3.05, 3.63) is 12.4 Å². The van der Waals surface area contributed by atoms with Crippen LogP contribution in [0.4, 0.5) is 5.82 Å². The summed E-state index contributed by atoms with van der Waals surface area (Å²) in [5, 5.41) is 0. The van der Waals surface area contributed by atoms with E-state index in [1.807, 2.05) is 25.7 Å². The van der Waals surface area contributed by atoms with Crippen molar-refractivity contribution in [1.29, 1.82) is 0 Å². The smallest absolute Gasteiger partial charge is 0.325 e. The van der Waals surface area contributed by atoms with E-state index in [1.54, 1.807) is 19.3 Å². The minimum atomic E-state index is -0.266. The van der Waals surface area contributed by atoms with Gasteiger partial charge in [0.2, 0.25) is 5.88 Å². The number of nitrogens with zero attached hydrogens (tertiary/aromatic N) is 3. The third-order valence-electron chi connectivity index (χ3n) is 2.40. The van der Waals surface area contributed by atoms with E-state index in [-0.39, 0.29) is 18.6 Å². The molecule has 0 amide bonds. The molecule has 0 aliphatic rings. The molecule has 0 aromatic carbocycles. The van der Waals surface area contributed by atoms with E-state index in [2.05, 4.69) is 9.97 Å². The van der Waals surface area contributed by atoms with Crippen molar-refractivity contribution in [2.24, 2.45) is 0 Å². The zero-order chi connectivity index (χ0) is 15.0. The van der Waals surface area contributed by atoms with Crippen LogP contribution in [0.3, 0.4) is 0 Å². The molecule has 6 nitrogen and oxygen atoms in total. The summed E-state index contributed by atoms with van der Waals surface area (Å²) in [7, 11) is 0. The molecule has 0 saturated carbocycles. The highest BCUT2D eigenvalue weighted by molar-refractivity contribution is 5.75. The van der Waals surface area contributed by atoms with Gasteiger partial charge in [-0.3, -0.25) is 9.78 Å². The minimum Gasteiger partial charge on any atom is -0.474 e. The van der Waals surface area contributed by atoms with Gasteiger partial charge in [-0.2, -0.15) is 4.98 Å². The summed E-state index contributed by atoms with van der Waals surface area (Å²) in [6, 6.07) is 0. The highest BCUT2D eigenvalue weighted by Gasteiger charge is 2.14. The topological polar surface area (TPSA) is 64.6 Å². The number of carbonyl (C=O) groups excluding carboxylic acids is 1. The lowest BCUT2D eigenvalue weighted by Crippen LogP contribution is -2.32. The average Bonchev–Trinajstić information content (AvgIpc) is 2.38. The zero-order valence-corrected chi connectivity index (χ0v) is 12.6. The highest BCUT2D eigenvalue weighted by Crippen LogP contribution is 2.15. The number of aromatic nitrogens is 2. The van der Waals surface area contributed by atoms with Crippen molar-refractivity contribution < 1.29 is 14.3 Å². The van der Waals surface area contributed by atoms with Gasteiger partial charge in [-0.15, -0.1) is 0 Å². The quantitative estimate of drug-likeness (QED) is 0.679. The van der Waals surface area contributed by atoms with E-state index >= 15 is 0 Å². The Labute approximate surface area is 120 Å². The van der Waals surface area contributed by atoms with Crippen molar-refractivity contribution in [2.75, 3.05) is 24.6 Å². The van der Waals surface area contributed by atoms with Gasteiger partial charge in [-0.05, 0) is 27.2 Å². The number of hydrogen-bond acceptors (Lipinski definition) is 6. The monoisotopic (exact) mass is 281 g/mol. The predicted octanol–water partition coefficient (Wildman–Crippen LogP) is 2.04. The fraction of sp³-hybridized carbons (Fsp3) is 0.643. The fourth-order valence-corrected chi connectivity index (χ4v) is 1.70. The summed E-state index contributed by atoms with van der Waals surface area (Å²) in [5.41, 5.74) is 0. The van der Waals surface area contributed by atoms with E-state index in [0.29, 0.717) is 24.8 Å². The molecule has 0 atom stereocenters. The molecule has 20 heavy (non-hydrogen) atoms. The summed E-state index contributed by atoms with van der Waals surface area (Å²) >= 11 is 0. The maximum atomic E-state index is 11.6. The maximum Gasteiger partial charge on any atom is 0.325 e. The molecule has 0 fully saturated rings. The van der Waals surface area contributed by atoms with Crippen LogP contribution in [0.1, 0.15) is 34.1 Å². The molecule has 0 spiro atoms. The average molecular weight is 281 g/mol. The van der Waals surface area contributed by atoms with Crippen LogP contribution in [0.15, 0.2) is 12.4 Å². The lowest BCUT2D eigenvalue weighted by Gasteiger charge is -2.22. The first kappa shape index (κ1) is 16.2. The number of anilines is 1. The summed E-state index contributed by atoms with van der Waals surface area (Å²) in [6.45, 7) is 8.94. The van der Waals surface area contributed by atoms with Gasteiger partial charge in [0.1, 0.15) is 6.54 Å². The van der Waals surface area contributed by atoms with E-state index < -0.39 is 0 Å². The Hall–Kier alpha value is -1.85. The third kappa shape index (κ3) is 5.42. The Balaban J connectivity index is 2.82. The predicted molar refractivity (Wildman–Crippen MR) is 76.9 cm³/mol. The summed E-state index contributed by atoms with van der Waals surface area (Å²) in [5.74, 6) is 0.818. The first-order valence-corrected chi connectivity index (χ1v) is 6.96. The molecule has 0 radical (unpaired) electrons. The van der Waals surface area contributed by atoms with E-state index in [0.717, 1.165) is 6.42 Å². The standard InChI is InChI=1S/C14H23N3O3/c1-5-7-17(10-14(18)19-6-2)12-8-15-9-13(16-12)20-11(3)4/h8-9,11H,5-7,10H2,1-4H3. The van der Waals surface area contributed by atoms with Gasteiger partial charge in [-0.25, -0.2) is 0 Å². The van der Waals surface area contributed by atoms with E-state index in [9.17, 15) is 4.79 Å². The SMILES string of the molecule is CCCN(CC(=O)OCC)c1cncc(OC(C)C)n1. The van der Waals surface area contributed by atoms with Crippen LogP contribution >= 0.6 is 0 Å². The van der Waals surface area contributed by atoms with Crippen molar-refractivity contribution >= 4 is 11.8 Å². The van der Waals surface area contributed by atoms with E-state index in [1.165, 1.54) is 0 Å². The molecule has 1 aromatic rings. The number of carbonyl (C=O) groups is 1. The molecule has 0 aliphatic carbocycles. The van der Waals surface area contributed by atoms with Gasteiger partial charge in [0.15, 0.2) is 5.82 Å². The molecule has 0 aliphatic heterocycles. The Morgan fingerprint density at radius 2 is 2.10 bits per heavy atom. The van der Waals surface area contributed by atoms with Crippen molar-refractivity contribution in [1.82, 2.24) is 9.97 Å². The zero-order valence-electron chi connectivity index (χ0n) is 12.6. The van der Waals surface area contributed by atoms with Gasteiger partial charge in [0.05, 0.1) is 25.1 Å². The Kier molecular flexibility index (Phi) is 6.76. The first-order chi connectivity index (χ1) is 9.56. The van der Waals surface area contributed by atoms with Crippen LogP contribution in [0.25, 0.3) is 0 Å². The van der Waals surface area contributed by atoms with Crippen molar-refractivity contribution in [2.45, 2.75) is 40.2 Å². The van der Waals surface area contributed by atoms with Crippen molar-refractivity contribution in [3.63, 3.8) is 0 Å². The second-order valence-electron chi connectivity index (χ2n) is 4.61. The molecule has 0 N–H and O–H groups in total. The number of hydrogen-bond donors (Lipinski definition) is 0. The van der Waals surface area contributed by atoms with Gasteiger partial charge in [0.25, 0.3) is 0 Å². The van der Waals surface area contributed by atoms with Crippen LogP contribution in [0.2, 0.25) is 0 Å². The summed E-state index contributed by atoms with van der Waals surface area (Å²) < 4.78 is 10.5. The first-order valence-electron chi connectivity index (χ1n) is 6.96. The normalized spacial score (nSPS) is 10.4. The number of esters is 1. The third-order valence-corrected chi connectivity index (χ3v) is 2.40. The van der Waals surface area contributed by atoms with Crippen LogP contribution < -0.4 is 9.64 Å². The fourth-order valence-electron chi connectivity index (χ4n) is 1.70. The van der Waals surface area contributed by atoms with Gasteiger partial charge in [0, 0.05) is 6.54 Å². The second-order valence-corrected chi connectivity index (χ2v) is 4.61. The van der Waals surface area contributed by atoms with Crippen LogP contribution in [-0.2, 0) is 9.53 Å². The lowest BCUT2D eigenvalue weighted by atomic mass is 10.4. The van der Waals surface area contributed by atoms with Gasteiger partial charge in [-0.1, -0.05) is 6.92 Å². The molecule has 0 saturated heterocycles. The molecule has 1 heterocycles. The van der Waals surface area contributed by atoms with Gasteiger partial charge >= 0.3 is 5.97 Å². The molecule has 6 heteroatoms.